The van der Waals surface area contributed by atoms with Crippen LogP contribution in [0.2, 0.25) is 0 Å². The van der Waals surface area contributed by atoms with Crippen molar-refractivity contribution in [1.29, 1.82) is 0 Å². The number of rotatable bonds is 6. The normalized spacial score (nSPS) is 10.4. The Morgan fingerprint density at radius 3 is 2.90 bits per heavy atom. The molecule has 0 saturated heterocycles. The molecule has 1 N–H and O–H groups in total. The topological polar surface area (TPSA) is 81.9 Å². The van der Waals surface area contributed by atoms with Crippen molar-refractivity contribution in [3.63, 3.8) is 0 Å². The van der Waals surface area contributed by atoms with Crippen LogP contribution < -0.4 is 5.32 Å². The number of aromatic nitrogens is 4. The molecule has 0 radical (unpaired) electrons. The summed E-state index contributed by atoms with van der Waals surface area (Å²) in [6.07, 6.45) is 4.07. The Morgan fingerprint density at radius 2 is 2.19 bits per heavy atom. The highest BCUT2D eigenvalue weighted by Crippen LogP contribution is 2.12. The minimum Gasteiger partial charge on any atom is -0.462 e. The molecule has 21 heavy (non-hydrogen) atoms. The zero-order valence-corrected chi connectivity index (χ0v) is 12.5. The van der Waals surface area contributed by atoms with E-state index in [1.54, 1.807) is 19.2 Å². The largest absolute Gasteiger partial charge is 0.462 e. The van der Waals surface area contributed by atoms with E-state index in [0.717, 1.165) is 18.8 Å². The maximum atomic E-state index is 11.6. The van der Waals surface area contributed by atoms with Crippen molar-refractivity contribution >= 4 is 11.8 Å². The van der Waals surface area contributed by atoms with Crippen LogP contribution in [-0.4, -0.2) is 38.9 Å². The first kappa shape index (κ1) is 15.0. The number of nitrogens with one attached hydrogen (secondary N) is 1. The molecule has 7 heteroatoms. The Bertz CT molecular complexity index is 624. The molecule has 0 unspecified atom stereocenters. The summed E-state index contributed by atoms with van der Waals surface area (Å²) in [6.45, 7) is 6.84. The van der Waals surface area contributed by atoms with Gasteiger partial charge in [-0.2, -0.15) is 5.10 Å². The maximum Gasteiger partial charge on any atom is 0.341 e. The number of hydrogen-bond donors (Lipinski definition) is 1. The summed E-state index contributed by atoms with van der Waals surface area (Å²) in [5.41, 5.74) is 0.399. The van der Waals surface area contributed by atoms with Gasteiger partial charge in [-0.25, -0.2) is 19.4 Å². The summed E-state index contributed by atoms with van der Waals surface area (Å²) >= 11 is 0. The molecule has 2 rings (SSSR count). The smallest absolute Gasteiger partial charge is 0.341 e. The monoisotopic (exact) mass is 289 g/mol. The van der Waals surface area contributed by atoms with Gasteiger partial charge in [0.25, 0.3) is 0 Å². The number of anilines is 1. The zero-order chi connectivity index (χ0) is 15.2. The number of aryl methyl sites for hydroxylation is 1. The van der Waals surface area contributed by atoms with Gasteiger partial charge in [0.15, 0.2) is 5.82 Å². The maximum absolute atomic E-state index is 11.6. The van der Waals surface area contributed by atoms with Crippen molar-refractivity contribution in [3.8, 4) is 5.82 Å². The highest BCUT2D eigenvalue weighted by Gasteiger charge is 2.11. The van der Waals surface area contributed by atoms with E-state index < -0.39 is 0 Å². The quantitative estimate of drug-likeness (QED) is 0.819. The number of esters is 1. The van der Waals surface area contributed by atoms with Crippen LogP contribution in [-0.2, 0) is 4.74 Å². The Balaban J connectivity index is 2.25. The molecule has 0 atom stereocenters. The van der Waals surface area contributed by atoms with E-state index in [1.165, 1.54) is 10.9 Å². The molecular weight excluding hydrogens is 270 g/mol. The highest BCUT2D eigenvalue weighted by molar-refractivity contribution is 5.88. The fraction of sp³-hybridized carbons (Fsp3) is 0.429. The molecule has 0 aromatic carbocycles. The molecule has 0 saturated carbocycles. The molecule has 0 fully saturated rings. The van der Waals surface area contributed by atoms with Crippen LogP contribution in [0.25, 0.3) is 5.82 Å². The number of ether oxygens (including phenoxy) is 1. The third-order valence-corrected chi connectivity index (χ3v) is 2.71. The molecule has 0 bridgehead atoms. The lowest BCUT2D eigenvalue weighted by molar-refractivity contribution is 0.0526. The summed E-state index contributed by atoms with van der Waals surface area (Å²) in [6, 6.07) is 1.80. The van der Waals surface area contributed by atoms with Gasteiger partial charge >= 0.3 is 5.97 Å². The van der Waals surface area contributed by atoms with E-state index in [4.69, 9.17) is 4.74 Å². The standard InChI is InChI=1S/C14H19N5O2/c1-4-6-15-12-7-13(18-10(3)17-12)19-9-11(8-16-19)14(20)21-5-2/h7-9H,4-6H2,1-3H3,(H,15,17,18). The van der Waals surface area contributed by atoms with Crippen molar-refractivity contribution in [1.82, 2.24) is 19.7 Å². The minimum atomic E-state index is -0.390. The first-order valence-electron chi connectivity index (χ1n) is 6.95. The molecule has 0 aliphatic rings. The van der Waals surface area contributed by atoms with Crippen LogP contribution in [0.4, 0.5) is 5.82 Å². The van der Waals surface area contributed by atoms with Crippen LogP contribution >= 0.6 is 0 Å². The third kappa shape index (κ3) is 3.77. The molecule has 0 aliphatic carbocycles. The summed E-state index contributed by atoms with van der Waals surface area (Å²) < 4.78 is 6.48. The number of carbonyl (C=O) groups excluding carboxylic acids is 1. The van der Waals surface area contributed by atoms with Crippen molar-refractivity contribution in [2.45, 2.75) is 27.2 Å². The second kappa shape index (κ2) is 6.83. The number of hydrogen-bond acceptors (Lipinski definition) is 6. The van der Waals surface area contributed by atoms with Crippen LogP contribution in [0.15, 0.2) is 18.5 Å². The summed E-state index contributed by atoms with van der Waals surface area (Å²) in [7, 11) is 0. The van der Waals surface area contributed by atoms with E-state index in [-0.39, 0.29) is 5.97 Å². The lowest BCUT2D eigenvalue weighted by atomic mass is 10.4. The average Bonchev–Trinajstić information content (AvgIpc) is 2.95. The SMILES string of the molecule is CCCNc1cc(-n2cc(C(=O)OCC)cn2)nc(C)n1. The first-order valence-corrected chi connectivity index (χ1v) is 6.95. The van der Waals surface area contributed by atoms with Crippen LogP contribution in [0, 0.1) is 6.92 Å². The molecule has 2 aromatic rings. The molecule has 0 aliphatic heterocycles. The van der Waals surface area contributed by atoms with Crippen LogP contribution in [0.3, 0.4) is 0 Å². The average molecular weight is 289 g/mol. The fourth-order valence-electron chi connectivity index (χ4n) is 1.78. The Kier molecular flexibility index (Phi) is 4.86. The van der Waals surface area contributed by atoms with Gasteiger partial charge in [-0.3, -0.25) is 0 Å². The van der Waals surface area contributed by atoms with E-state index in [9.17, 15) is 4.79 Å². The van der Waals surface area contributed by atoms with Gasteiger partial charge in [0.05, 0.1) is 18.4 Å². The predicted octanol–water partition coefficient (Wildman–Crippen LogP) is 1.97. The lowest BCUT2D eigenvalue weighted by Gasteiger charge is -2.07. The van der Waals surface area contributed by atoms with E-state index in [0.29, 0.717) is 23.8 Å². The van der Waals surface area contributed by atoms with Gasteiger partial charge < -0.3 is 10.1 Å². The molecule has 112 valence electrons. The number of carbonyl (C=O) groups is 1. The van der Waals surface area contributed by atoms with Gasteiger partial charge in [-0.15, -0.1) is 0 Å². The molecule has 2 heterocycles. The summed E-state index contributed by atoms with van der Waals surface area (Å²) in [5.74, 6) is 1.60. The Hall–Kier alpha value is -2.44. The lowest BCUT2D eigenvalue weighted by Crippen LogP contribution is -2.07. The van der Waals surface area contributed by atoms with Gasteiger partial charge in [-0.05, 0) is 20.3 Å². The zero-order valence-electron chi connectivity index (χ0n) is 12.5. The molecule has 7 nitrogen and oxygen atoms in total. The van der Waals surface area contributed by atoms with Crippen molar-refractivity contribution < 1.29 is 9.53 Å². The summed E-state index contributed by atoms with van der Waals surface area (Å²) in [5, 5.41) is 7.36. The molecule has 0 spiro atoms. The van der Waals surface area contributed by atoms with Gasteiger partial charge in [0.2, 0.25) is 0 Å². The highest BCUT2D eigenvalue weighted by atomic mass is 16.5. The van der Waals surface area contributed by atoms with Crippen LogP contribution in [0.1, 0.15) is 36.5 Å². The molecular formula is C14H19N5O2. The Morgan fingerprint density at radius 1 is 1.38 bits per heavy atom. The first-order chi connectivity index (χ1) is 10.1. The van der Waals surface area contributed by atoms with Gasteiger partial charge in [0, 0.05) is 18.8 Å². The Labute approximate surface area is 123 Å². The van der Waals surface area contributed by atoms with Gasteiger partial charge in [-0.1, -0.05) is 6.92 Å². The number of nitrogens with zero attached hydrogens (tertiary/aromatic N) is 4. The second-order valence-corrected chi connectivity index (χ2v) is 4.48. The fourth-order valence-corrected chi connectivity index (χ4v) is 1.78. The predicted molar refractivity (Wildman–Crippen MR) is 78.6 cm³/mol. The van der Waals surface area contributed by atoms with Crippen molar-refractivity contribution in [2.75, 3.05) is 18.5 Å². The van der Waals surface area contributed by atoms with E-state index >= 15 is 0 Å². The third-order valence-electron chi connectivity index (χ3n) is 2.71. The second-order valence-electron chi connectivity index (χ2n) is 4.48. The molecule has 2 aromatic heterocycles. The minimum absolute atomic E-state index is 0.335. The van der Waals surface area contributed by atoms with Crippen LogP contribution in [0.5, 0.6) is 0 Å². The van der Waals surface area contributed by atoms with Crippen molar-refractivity contribution in [3.05, 3.63) is 29.8 Å². The van der Waals surface area contributed by atoms with E-state index in [1.807, 2.05) is 6.92 Å². The van der Waals surface area contributed by atoms with E-state index in [2.05, 4.69) is 27.3 Å². The van der Waals surface area contributed by atoms with Crippen molar-refractivity contribution in [2.24, 2.45) is 0 Å². The molecule has 0 amide bonds. The van der Waals surface area contributed by atoms with Gasteiger partial charge in [0.1, 0.15) is 11.6 Å². The summed E-state index contributed by atoms with van der Waals surface area (Å²) in [4.78, 5) is 20.3.